The second kappa shape index (κ2) is 6.13. The highest BCUT2D eigenvalue weighted by molar-refractivity contribution is 7.91. The average molecular weight is 318 g/mol. The SMILES string of the molecule is COc1cc(C)ccc1S(=O)(=O)CC(C)(C)c1ccccc1. The van der Waals surface area contributed by atoms with Crippen LogP contribution in [0.2, 0.25) is 0 Å². The quantitative estimate of drug-likeness (QED) is 0.843. The van der Waals surface area contributed by atoms with Crippen molar-refractivity contribution >= 4 is 9.84 Å². The molecule has 0 spiro atoms. The van der Waals surface area contributed by atoms with E-state index >= 15 is 0 Å². The van der Waals surface area contributed by atoms with E-state index in [9.17, 15) is 8.42 Å². The summed E-state index contributed by atoms with van der Waals surface area (Å²) in [4.78, 5) is 0.254. The Morgan fingerprint density at radius 2 is 1.68 bits per heavy atom. The van der Waals surface area contributed by atoms with Gasteiger partial charge in [0, 0.05) is 5.41 Å². The Morgan fingerprint density at radius 1 is 1.05 bits per heavy atom. The number of benzene rings is 2. The fraction of sp³-hybridized carbons (Fsp3) is 0.333. The summed E-state index contributed by atoms with van der Waals surface area (Å²) in [5.41, 5.74) is 1.50. The maximum atomic E-state index is 12.8. The summed E-state index contributed by atoms with van der Waals surface area (Å²) in [6, 6.07) is 14.9. The predicted molar refractivity (Wildman–Crippen MR) is 89.3 cm³/mol. The summed E-state index contributed by atoms with van der Waals surface area (Å²) in [5, 5.41) is 0. The molecule has 0 amide bonds. The highest BCUT2D eigenvalue weighted by Gasteiger charge is 2.30. The molecule has 0 aromatic heterocycles. The van der Waals surface area contributed by atoms with E-state index in [0.717, 1.165) is 11.1 Å². The minimum atomic E-state index is -3.45. The Bertz CT molecular complexity index is 747. The van der Waals surface area contributed by atoms with Gasteiger partial charge in [-0.1, -0.05) is 50.2 Å². The normalized spacial score (nSPS) is 12.2. The van der Waals surface area contributed by atoms with Crippen LogP contribution in [0.4, 0.5) is 0 Å². The zero-order valence-corrected chi connectivity index (χ0v) is 14.3. The summed E-state index contributed by atoms with van der Waals surface area (Å²) in [6.07, 6.45) is 0. The molecule has 3 nitrogen and oxygen atoms in total. The van der Waals surface area contributed by atoms with E-state index < -0.39 is 15.3 Å². The molecular weight excluding hydrogens is 296 g/mol. The van der Waals surface area contributed by atoms with Crippen LogP contribution in [0.15, 0.2) is 53.4 Å². The van der Waals surface area contributed by atoms with Gasteiger partial charge in [-0.2, -0.15) is 0 Å². The summed E-state index contributed by atoms with van der Waals surface area (Å²) < 4.78 is 30.9. The first-order valence-electron chi connectivity index (χ1n) is 7.19. The lowest BCUT2D eigenvalue weighted by Crippen LogP contribution is -2.28. The van der Waals surface area contributed by atoms with Gasteiger partial charge in [-0.15, -0.1) is 0 Å². The van der Waals surface area contributed by atoms with E-state index in [1.807, 2.05) is 51.1 Å². The van der Waals surface area contributed by atoms with Crippen LogP contribution >= 0.6 is 0 Å². The lowest BCUT2D eigenvalue weighted by atomic mass is 9.87. The van der Waals surface area contributed by atoms with Crippen LogP contribution in [0, 0.1) is 6.92 Å². The van der Waals surface area contributed by atoms with E-state index in [4.69, 9.17) is 4.74 Å². The van der Waals surface area contributed by atoms with Gasteiger partial charge in [0.25, 0.3) is 0 Å². The molecule has 0 aliphatic heterocycles. The average Bonchev–Trinajstić information content (AvgIpc) is 2.46. The van der Waals surface area contributed by atoms with Crippen LogP contribution in [0.3, 0.4) is 0 Å². The third-order valence-electron chi connectivity index (χ3n) is 3.76. The van der Waals surface area contributed by atoms with E-state index in [2.05, 4.69) is 0 Å². The van der Waals surface area contributed by atoms with Crippen LogP contribution in [0.1, 0.15) is 25.0 Å². The van der Waals surface area contributed by atoms with E-state index in [-0.39, 0.29) is 10.6 Å². The molecule has 2 rings (SSSR count). The topological polar surface area (TPSA) is 43.4 Å². The molecule has 2 aromatic carbocycles. The fourth-order valence-corrected chi connectivity index (χ4v) is 4.55. The molecule has 0 saturated carbocycles. The predicted octanol–water partition coefficient (Wildman–Crippen LogP) is 3.76. The van der Waals surface area contributed by atoms with E-state index in [1.54, 1.807) is 18.2 Å². The summed E-state index contributed by atoms with van der Waals surface area (Å²) in [5.74, 6) is 0.438. The van der Waals surface area contributed by atoms with E-state index in [1.165, 1.54) is 7.11 Å². The van der Waals surface area contributed by atoms with Crippen LogP contribution < -0.4 is 4.74 Å². The number of aryl methyl sites for hydroxylation is 1. The van der Waals surface area contributed by atoms with Gasteiger partial charge in [0.05, 0.1) is 12.9 Å². The first kappa shape index (κ1) is 16.6. The third-order valence-corrected chi connectivity index (χ3v) is 5.87. The van der Waals surface area contributed by atoms with Crippen molar-refractivity contribution < 1.29 is 13.2 Å². The zero-order chi connectivity index (χ0) is 16.4. The van der Waals surface area contributed by atoms with Crippen molar-refractivity contribution in [1.82, 2.24) is 0 Å². The lowest BCUT2D eigenvalue weighted by Gasteiger charge is -2.25. The molecule has 0 fully saturated rings. The second-order valence-electron chi connectivity index (χ2n) is 6.16. The van der Waals surface area contributed by atoms with Gasteiger partial charge in [0.1, 0.15) is 10.6 Å². The van der Waals surface area contributed by atoms with Crippen LogP contribution in [-0.2, 0) is 15.3 Å². The Balaban J connectivity index is 2.40. The minimum absolute atomic E-state index is 0.0312. The van der Waals surface area contributed by atoms with E-state index in [0.29, 0.717) is 5.75 Å². The molecule has 118 valence electrons. The van der Waals surface area contributed by atoms with Gasteiger partial charge in [-0.25, -0.2) is 8.42 Å². The third kappa shape index (κ3) is 3.50. The smallest absolute Gasteiger partial charge is 0.182 e. The number of sulfone groups is 1. The Kier molecular flexibility index (Phi) is 4.61. The molecular formula is C18H22O3S. The molecule has 0 heterocycles. The van der Waals surface area contributed by atoms with Crippen molar-refractivity contribution in [2.45, 2.75) is 31.1 Å². The van der Waals surface area contributed by atoms with Crippen molar-refractivity contribution in [3.63, 3.8) is 0 Å². The Hall–Kier alpha value is -1.81. The second-order valence-corrected chi connectivity index (χ2v) is 8.12. The van der Waals surface area contributed by atoms with Crippen LogP contribution in [0.25, 0.3) is 0 Å². The molecule has 0 N–H and O–H groups in total. The van der Waals surface area contributed by atoms with Crippen molar-refractivity contribution in [2.24, 2.45) is 0 Å². The monoisotopic (exact) mass is 318 g/mol. The number of hydrogen-bond donors (Lipinski definition) is 0. The zero-order valence-electron chi connectivity index (χ0n) is 13.5. The largest absolute Gasteiger partial charge is 0.495 e. The minimum Gasteiger partial charge on any atom is -0.495 e. The lowest BCUT2D eigenvalue weighted by molar-refractivity contribution is 0.402. The molecule has 0 atom stereocenters. The number of hydrogen-bond acceptors (Lipinski definition) is 3. The number of rotatable bonds is 5. The van der Waals surface area contributed by atoms with Crippen molar-refractivity contribution in [3.8, 4) is 5.75 Å². The van der Waals surface area contributed by atoms with Gasteiger partial charge in [-0.3, -0.25) is 0 Å². The first-order valence-corrected chi connectivity index (χ1v) is 8.84. The molecule has 0 bridgehead atoms. The molecule has 0 unspecified atom stereocenters. The van der Waals surface area contributed by atoms with Gasteiger partial charge in [0.2, 0.25) is 0 Å². The molecule has 0 radical (unpaired) electrons. The first-order chi connectivity index (χ1) is 10.3. The molecule has 0 aliphatic carbocycles. The molecule has 0 saturated heterocycles. The summed E-state index contributed by atoms with van der Waals surface area (Å²) >= 11 is 0. The maximum Gasteiger partial charge on any atom is 0.182 e. The van der Waals surface area contributed by atoms with Crippen LogP contribution in [-0.4, -0.2) is 21.3 Å². The van der Waals surface area contributed by atoms with Gasteiger partial charge < -0.3 is 4.74 Å². The van der Waals surface area contributed by atoms with Crippen LogP contribution in [0.5, 0.6) is 5.75 Å². The number of ether oxygens (including phenoxy) is 1. The van der Waals surface area contributed by atoms with Gasteiger partial charge in [0.15, 0.2) is 9.84 Å². The maximum absolute atomic E-state index is 12.8. The molecule has 22 heavy (non-hydrogen) atoms. The van der Waals surface area contributed by atoms with Crippen molar-refractivity contribution in [2.75, 3.05) is 12.9 Å². The standard InChI is InChI=1S/C18H22O3S/c1-14-10-11-17(16(12-14)21-4)22(19,20)13-18(2,3)15-8-6-5-7-9-15/h5-12H,13H2,1-4H3. The fourth-order valence-electron chi connectivity index (χ4n) is 2.56. The molecule has 2 aromatic rings. The molecule has 4 heteroatoms. The van der Waals surface area contributed by atoms with Gasteiger partial charge in [-0.05, 0) is 30.2 Å². The highest BCUT2D eigenvalue weighted by atomic mass is 32.2. The number of methoxy groups -OCH3 is 1. The highest BCUT2D eigenvalue weighted by Crippen LogP contribution is 2.31. The summed E-state index contributed by atoms with van der Waals surface area (Å²) in [7, 11) is -1.95. The molecule has 0 aliphatic rings. The summed E-state index contributed by atoms with van der Waals surface area (Å²) in [6.45, 7) is 5.80. The van der Waals surface area contributed by atoms with Crippen molar-refractivity contribution in [3.05, 3.63) is 59.7 Å². The van der Waals surface area contributed by atoms with Crippen molar-refractivity contribution in [1.29, 1.82) is 0 Å². The Morgan fingerprint density at radius 3 is 2.27 bits per heavy atom. The van der Waals surface area contributed by atoms with Gasteiger partial charge >= 0.3 is 0 Å². The Labute approximate surface area is 132 Å².